The highest BCUT2D eigenvalue weighted by Gasteiger charge is 2.24. The van der Waals surface area contributed by atoms with E-state index in [1.165, 1.54) is 12.7 Å². The maximum Gasteiger partial charge on any atom is 0.805 e. The summed E-state index contributed by atoms with van der Waals surface area (Å²) < 4.78 is 45.3. The summed E-state index contributed by atoms with van der Waals surface area (Å²) >= 11 is 0. The molecular formula is C32H28N6O7P+. The molecule has 46 heavy (non-hydrogen) atoms. The third kappa shape index (κ3) is 6.44. The third-order valence-corrected chi connectivity index (χ3v) is 7.60. The van der Waals surface area contributed by atoms with Crippen LogP contribution in [0, 0.1) is 0 Å². The maximum absolute atomic E-state index is 12.6. The summed E-state index contributed by atoms with van der Waals surface area (Å²) in [6.07, 6.45) is 2.93. The first-order chi connectivity index (χ1) is 22.5. The van der Waals surface area contributed by atoms with Crippen molar-refractivity contribution in [1.82, 2.24) is 19.9 Å². The molecule has 6 rings (SSSR count). The van der Waals surface area contributed by atoms with E-state index in [0.29, 0.717) is 57.2 Å². The fourth-order valence-electron chi connectivity index (χ4n) is 4.63. The van der Waals surface area contributed by atoms with Crippen LogP contribution in [0.15, 0.2) is 85.5 Å². The van der Waals surface area contributed by atoms with Crippen molar-refractivity contribution in [3.8, 4) is 34.5 Å². The van der Waals surface area contributed by atoms with Crippen molar-refractivity contribution in [1.29, 1.82) is 0 Å². The van der Waals surface area contributed by atoms with Gasteiger partial charge in [-0.3, -0.25) is 0 Å². The van der Waals surface area contributed by atoms with Crippen molar-refractivity contribution in [3.05, 3.63) is 85.5 Å². The molecule has 2 N–H and O–H groups in total. The molecular weight excluding hydrogens is 611 g/mol. The number of anilines is 4. The fraction of sp³-hybridized carbons (Fsp3) is 0.125. The standard InChI is InChI=1S/C32H28N6O7P/c1-40-27-13-23-25(15-29(27)42-3)33-17-35-31(23)37-19-5-9-21(10-6-19)44-46(39)45-22-11-7-20(8-12-22)38-32-24-14-28(41-2)30(43-4)16-26(24)34-18-36-32/h5-18H,1-4H3,(H,33,35,37)(H,34,36,38)/q+1. The second-order valence-corrected chi connectivity index (χ2v) is 10.4. The highest BCUT2D eigenvalue weighted by molar-refractivity contribution is 7.34. The molecule has 4 aromatic carbocycles. The van der Waals surface area contributed by atoms with Crippen LogP contribution in [-0.2, 0) is 4.57 Å². The smallest absolute Gasteiger partial charge is 0.493 e. The van der Waals surface area contributed by atoms with E-state index in [0.717, 1.165) is 22.1 Å². The summed E-state index contributed by atoms with van der Waals surface area (Å²) in [6.45, 7) is 0. The lowest BCUT2D eigenvalue weighted by atomic mass is 10.2. The number of aromatic nitrogens is 4. The van der Waals surface area contributed by atoms with E-state index in [1.807, 2.05) is 12.1 Å². The van der Waals surface area contributed by atoms with E-state index in [2.05, 4.69) is 30.6 Å². The zero-order valence-corrected chi connectivity index (χ0v) is 26.1. The molecule has 0 fully saturated rings. The van der Waals surface area contributed by atoms with Crippen molar-refractivity contribution in [2.75, 3.05) is 39.1 Å². The monoisotopic (exact) mass is 639 g/mol. The van der Waals surface area contributed by atoms with Crippen molar-refractivity contribution >= 4 is 53.1 Å². The number of fused-ring (bicyclic) bond motifs is 2. The number of nitrogens with zero attached hydrogens (tertiary/aromatic N) is 4. The van der Waals surface area contributed by atoms with Crippen LogP contribution in [0.4, 0.5) is 23.0 Å². The number of benzene rings is 4. The molecule has 0 spiro atoms. The first-order valence-corrected chi connectivity index (χ1v) is 14.9. The average molecular weight is 640 g/mol. The topological polar surface area (TPSA) is 148 Å². The van der Waals surface area contributed by atoms with Crippen LogP contribution in [0.2, 0.25) is 0 Å². The SMILES string of the molecule is COc1cc2ncnc(Nc3ccc(O[P+](=O)Oc4ccc(Nc5ncnc6cc(OC)c(OC)cc56)cc4)cc3)c2cc1OC. The largest absolute Gasteiger partial charge is 0.805 e. The van der Waals surface area contributed by atoms with Crippen LogP contribution in [-0.4, -0.2) is 48.4 Å². The zero-order chi connectivity index (χ0) is 32.0. The Hall–Kier alpha value is -5.94. The summed E-state index contributed by atoms with van der Waals surface area (Å²) in [6, 6.07) is 21.0. The molecule has 0 aliphatic heterocycles. The van der Waals surface area contributed by atoms with Gasteiger partial charge in [-0.1, -0.05) is 0 Å². The molecule has 0 aliphatic rings. The zero-order valence-electron chi connectivity index (χ0n) is 25.2. The Balaban J connectivity index is 1.08. The first-order valence-electron chi connectivity index (χ1n) is 13.8. The van der Waals surface area contributed by atoms with Crippen molar-refractivity contribution in [3.63, 3.8) is 0 Å². The highest BCUT2D eigenvalue weighted by atomic mass is 31.1. The van der Waals surface area contributed by atoms with Gasteiger partial charge in [0.05, 0.1) is 39.5 Å². The Labute approximate surface area is 264 Å². The van der Waals surface area contributed by atoms with Gasteiger partial charge in [0.25, 0.3) is 0 Å². The number of ether oxygens (including phenoxy) is 4. The molecule has 0 bridgehead atoms. The molecule has 13 nitrogen and oxygen atoms in total. The number of methoxy groups -OCH3 is 4. The quantitative estimate of drug-likeness (QED) is 0.130. The van der Waals surface area contributed by atoms with Gasteiger partial charge in [0.1, 0.15) is 24.3 Å². The summed E-state index contributed by atoms with van der Waals surface area (Å²) in [5.74, 6) is 4.17. The Bertz CT molecular complexity index is 1880. The molecule has 0 unspecified atom stereocenters. The van der Waals surface area contributed by atoms with Crippen LogP contribution in [0.5, 0.6) is 34.5 Å². The fourth-order valence-corrected chi connectivity index (χ4v) is 5.25. The number of rotatable bonds is 12. The molecule has 0 amide bonds. The van der Waals surface area contributed by atoms with Gasteiger partial charge >= 0.3 is 8.25 Å². The Morgan fingerprint density at radius 1 is 0.522 bits per heavy atom. The Morgan fingerprint density at radius 2 is 0.891 bits per heavy atom. The predicted molar refractivity (Wildman–Crippen MR) is 174 cm³/mol. The van der Waals surface area contributed by atoms with Gasteiger partial charge in [-0.2, -0.15) is 0 Å². The van der Waals surface area contributed by atoms with E-state index in [4.69, 9.17) is 28.0 Å². The normalized spacial score (nSPS) is 10.7. The molecule has 2 heterocycles. The molecule has 232 valence electrons. The Kier molecular flexibility index (Phi) is 8.75. The average Bonchev–Trinajstić information content (AvgIpc) is 3.09. The summed E-state index contributed by atoms with van der Waals surface area (Å²) in [5.41, 5.74) is 2.85. The van der Waals surface area contributed by atoms with E-state index < -0.39 is 8.25 Å². The minimum atomic E-state index is -2.50. The highest BCUT2D eigenvalue weighted by Crippen LogP contribution is 2.37. The van der Waals surface area contributed by atoms with E-state index in [1.54, 1.807) is 89.1 Å². The summed E-state index contributed by atoms with van der Waals surface area (Å²) in [4.78, 5) is 17.4. The van der Waals surface area contributed by atoms with Crippen LogP contribution in [0.1, 0.15) is 0 Å². The number of hydrogen-bond donors (Lipinski definition) is 2. The number of nitrogens with one attached hydrogen (secondary N) is 2. The van der Waals surface area contributed by atoms with E-state index in [-0.39, 0.29) is 0 Å². The molecule has 2 aromatic heterocycles. The molecule has 0 atom stereocenters. The third-order valence-electron chi connectivity index (χ3n) is 6.88. The summed E-state index contributed by atoms with van der Waals surface area (Å²) in [7, 11) is 3.78. The van der Waals surface area contributed by atoms with Gasteiger partial charge in [0.15, 0.2) is 34.5 Å². The van der Waals surface area contributed by atoms with Crippen molar-refractivity contribution in [2.45, 2.75) is 0 Å². The minimum Gasteiger partial charge on any atom is -0.493 e. The molecule has 0 saturated carbocycles. The van der Waals surface area contributed by atoms with Crippen LogP contribution >= 0.6 is 8.25 Å². The molecule has 0 saturated heterocycles. The molecule has 0 aliphatic carbocycles. The molecule has 6 aromatic rings. The predicted octanol–water partition coefficient (Wildman–Crippen LogP) is 7.21. The van der Waals surface area contributed by atoms with Crippen LogP contribution in [0.3, 0.4) is 0 Å². The molecule has 14 heteroatoms. The van der Waals surface area contributed by atoms with Crippen molar-refractivity contribution < 1.29 is 32.6 Å². The van der Waals surface area contributed by atoms with Gasteiger partial charge in [-0.25, -0.2) is 29.0 Å². The second kappa shape index (κ2) is 13.4. The lowest BCUT2D eigenvalue weighted by Crippen LogP contribution is -1.98. The minimum absolute atomic E-state index is 0.367. The van der Waals surface area contributed by atoms with Gasteiger partial charge in [0, 0.05) is 38.8 Å². The number of hydrogen-bond acceptors (Lipinski definition) is 13. The van der Waals surface area contributed by atoms with E-state index >= 15 is 0 Å². The van der Waals surface area contributed by atoms with E-state index in [9.17, 15) is 4.57 Å². The summed E-state index contributed by atoms with van der Waals surface area (Å²) in [5, 5.41) is 8.04. The second-order valence-electron chi connectivity index (χ2n) is 9.60. The van der Waals surface area contributed by atoms with Gasteiger partial charge in [0.2, 0.25) is 0 Å². The van der Waals surface area contributed by atoms with Gasteiger partial charge in [-0.15, -0.1) is 0 Å². The van der Waals surface area contributed by atoms with Crippen LogP contribution < -0.4 is 38.6 Å². The van der Waals surface area contributed by atoms with Gasteiger partial charge in [-0.05, 0) is 60.7 Å². The van der Waals surface area contributed by atoms with Crippen LogP contribution in [0.25, 0.3) is 21.8 Å². The lowest BCUT2D eigenvalue weighted by Gasteiger charge is -2.12. The molecule has 0 radical (unpaired) electrons. The van der Waals surface area contributed by atoms with Gasteiger partial charge < -0.3 is 29.6 Å². The Morgan fingerprint density at radius 3 is 1.26 bits per heavy atom. The van der Waals surface area contributed by atoms with Crippen molar-refractivity contribution in [2.24, 2.45) is 0 Å². The lowest BCUT2D eigenvalue weighted by molar-refractivity contribution is 0.356. The maximum atomic E-state index is 12.6. The first kappa shape index (κ1) is 30.1.